The van der Waals surface area contributed by atoms with Crippen molar-refractivity contribution in [1.29, 1.82) is 0 Å². The molecule has 1 aliphatic heterocycles. The molecule has 0 aromatic heterocycles. The number of carbonyl (C=O) groups excluding carboxylic acids is 2. The van der Waals surface area contributed by atoms with Crippen LogP contribution >= 0.6 is 0 Å². The van der Waals surface area contributed by atoms with Crippen LogP contribution in [0.25, 0.3) is 0 Å². The van der Waals surface area contributed by atoms with Gasteiger partial charge in [-0.3, -0.25) is 9.59 Å². The van der Waals surface area contributed by atoms with Crippen molar-refractivity contribution in [2.24, 2.45) is 0 Å². The van der Waals surface area contributed by atoms with Crippen LogP contribution in [-0.2, 0) is 23.7 Å². The topological polar surface area (TPSA) is 80.3 Å². The Kier molecular flexibility index (Phi) is 7.56. The third-order valence-electron chi connectivity index (χ3n) is 5.26. The molecule has 2 aromatic rings. The summed E-state index contributed by atoms with van der Waals surface area (Å²) in [6.07, 6.45) is -0.512. The van der Waals surface area contributed by atoms with Gasteiger partial charge in [0.05, 0.1) is 59.5 Å². The molecule has 1 atom stereocenters. The van der Waals surface area contributed by atoms with Crippen molar-refractivity contribution in [2.45, 2.75) is 6.10 Å². The zero-order valence-corrected chi connectivity index (χ0v) is 17.3. The summed E-state index contributed by atoms with van der Waals surface area (Å²) >= 11 is 0. The lowest BCUT2D eigenvalue weighted by Crippen LogP contribution is -2.25. The molecule has 0 radical (unpaired) electrons. The molecule has 1 unspecified atom stereocenters. The van der Waals surface area contributed by atoms with Crippen LogP contribution in [0, 0.1) is 0 Å². The Hall–Kier alpha value is -2.42. The first-order valence-corrected chi connectivity index (χ1v) is 10.5. The highest BCUT2D eigenvalue weighted by Crippen LogP contribution is 2.33. The number of benzene rings is 2. The molecule has 0 spiro atoms. The highest BCUT2D eigenvalue weighted by atomic mass is 16.6. The highest BCUT2D eigenvalue weighted by Gasteiger charge is 2.33. The first-order chi connectivity index (χ1) is 15.3. The lowest BCUT2D eigenvalue weighted by Gasteiger charge is -2.25. The lowest BCUT2D eigenvalue weighted by molar-refractivity contribution is -0.0473. The maximum atomic E-state index is 13.3. The van der Waals surface area contributed by atoms with E-state index in [1.807, 2.05) is 6.07 Å². The van der Waals surface area contributed by atoms with E-state index in [0.29, 0.717) is 80.7 Å². The SMILES string of the molecule is O=C1c2ccccc2C(=O)c2c1cccc2C1COCCOCCOCCOCCO1. The normalized spacial score (nSPS) is 21.5. The maximum absolute atomic E-state index is 13.3. The summed E-state index contributed by atoms with van der Waals surface area (Å²) < 4.78 is 28.2. The standard InChI is InChI=1S/C24H26O7/c25-23-17-4-1-2-5-18(17)24(26)22-19(6-3-7-20(22)23)21-16-30-13-12-28-9-8-27-10-11-29-14-15-31-21/h1-7,21H,8-16H2. The van der Waals surface area contributed by atoms with E-state index in [2.05, 4.69) is 0 Å². The van der Waals surface area contributed by atoms with Crippen LogP contribution in [0.1, 0.15) is 43.5 Å². The van der Waals surface area contributed by atoms with Gasteiger partial charge < -0.3 is 23.7 Å². The van der Waals surface area contributed by atoms with Crippen LogP contribution in [0.3, 0.4) is 0 Å². The number of hydrogen-bond donors (Lipinski definition) is 0. The van der Waals surface area contributed by atoms with E-state index < -0.39 is 6.10 Å². The van der Waals surface area contributed by atoms with Crippen molar-refractivity contribution in [3.63, 3.8) is 0 Å². The van der Waals surface area contributed by atoms with Gasteiger partial charge in [0.25, 0.3) is 0 Å². The average molecular weight is 426 g/mol. The smallest absolute Gasteiger partial charge is 0.194 e. The number of hydrogen-bond acceptors (Lipinski definition) is 7. The lowest BCUT2D eigenvalue weighted by atomic mass is 9.81. The molecule has 1 heterocycles. The molecule has 2 aromatic carbocycles. The van der Waals surface area contributed by atoms with Crippen molar-refractivity contribution in [1.82, 2.24) is 0 Å². The number of fused-ring (bicyclic) bond motifs is 2. The fourth-order valence-electron chi connectivity index (χ4n) is 3.77. The minimum atomic E-state index is -0.512. The van der Waals surface area contributed by atoms with Crippen LogP contribution in [0.15, 0.2) is 42.5 Å². The summed E-state index contributed by atoms with van der Waals surface area (Å²) in [5.74, 6) is -0.320. The minimum absolute atomic E-state index is 0.151. The second-order valence-corrected chi connectivity index (χ2v) is 7.25. The summed E-state index contributed by atoms with van der Waals surface area (Å²) in [6, 6.07) is 12.2. The summed E-state index contributed by atoms with van der Waals surface area (Å²) in [4.78, 5) is 26.3. The maximum Gasteiger partial charge on any atom is 0.194 e. The first kappa shape index (κ1) is 21.8. The van der Waals surface area contributed by atoms with Gasteiger partial charge in [-0.1, -0.05) is 42.5 Å². The zero-order chi connectivity index (χ0) is 21.5. The Morgan fingerprint density at radius 3 is 1.81 bits per heavy atom. The van der Waals surface area contributed by atoms with E-state index in [4.69, 9.17) is 23.7 Å². The van der Waals surface area contributed by atoms with Crippen molar-refractivity contribution < 1.29 is 33.3 Å². The van der Waals surface area contributed by atoms with Crippen molar-refractivity contribution in [2.75, 3.05) is 59.5 Å². The molecule has 1 aliphatic carbocycles. The van der Waals surface area contributed by atoms with Gasteiger partial charge in [-0.15, -0.1) is 0 Å². The molecule has 0 saturated carbocycles. The molecule has 2 aliphatic rings. The fourth-order valence-corrected chi connectivity index (χ4v) is 3.77. The quantitative estimate of drug-likeness (QED) is 0.592. The number of rotatable bonds is 1. The van der Waals surface area contributed by atoms with Gasteiger partial charge in [-0.25, -0.2) is 0 Å². The molecule has 0 amide bonds. The van der Waals surface area contributed by atoms with Crippen LogP contribution in [0.2, 0.25) is 0 Å². The number of ketones is 2. The molecule has 7 heteroatoms. The zero-order valence-electron chi connectivity index (χ0n) is 17.3. The Morgan fingerprint density at radius 1 is 0.581 bits per heavy atom. The van der Waals surface area contributed by atoms with Crippen molar-refractivity contribution >= 4 is 11.6 Å². The first-order valence-electron chi connectivity index (χ1n) is 10.5. The molecule has 1 fully saturated rings. The minimum Gasteiger partial charge on any atom is -0.377 e. The molecular formula is C24H26O7. The molecule has 4 rings (SSSR count). The van der Waals surface area contributed by atoms with E-state index in [-0.39, 0.29) is 18.2 Å². The average Bonchev–Trinajstić information content (AvgIpc) is 2.81. The fraction of sp³-hybridized carbons (Fsp3) is 0.417. The van der Waals surface area contributed by atoms with Gasteiger partial charge in [0.15, 0.2) is 11.6 Å². The van der Waals surface area contributed by atoms with E-state index in [1.165, 1.54) is 0 Å². The van der Waals surface area contributed by atoms with Crippen LogP contribution < -0.4 is 0 Å². The molecule has 31 heavy (non-hydrogen) atoms. The highest BCUT2D eigenvalue weighted by molar-refractivity contribution is 6.28. The van der Waals surface area contributed by atoms with Crippen LogP contribution in [0.5, 0.6) is 0 Å². The number of carbonyl (C=O) groups is 2. The molecule has 0 bridgehead atoms. The largest absolute Gasteiger partial charge is 0.377 e. The summed E-state index contributed by atoms with van der Waals surface area (Å²) in [7, 11) is 0. The van der Waals surface area contributed by atoms with E-state index in [9.17, 15) is 9.59 Å². The van der Waals surface area contributed by atoms with E-state index in [1.54, 1.807) is 36.4 Å². The summed E-state index contributed by atoms with van der Waals surface area (Å²) in [6.45, 7) is 3.74. The Balaban J connectivity index is 1.59. The van der Waals surface area contributed by atoms with Gasteiger partial charge in [-0.05, 0) is 5.56 Å². The molecular weight excluding hydrogens is 400 g/mol. The third-order valence-corrected chi connectivity index (χ3v) is 5.26. The van der Waals surface area contributed by atoms with Gasteiger partial charge >= 0.3 is 0 Å². The van der Waals surface area contributed by atoms with Gasteiger partial charge in [0.1, 0.15) is 6.10 Å². The van der Waals surface area contributed by atoms with Gasteiger partial charge in [0, 0.05) is 22.3 Å². The second kappa shape index (κ2) is 10.7. The van der Waals surface area contributed by atoms with Gasteiger partial charge in [0.2, 0.25) is 0 Å². The molecule has 0 N–H and O–H groups in total. The third kappa shape index (κ3) is 5.08. The molecule has 1 saturated heterocycles. The molecule has 7 nitrogen and oxygen atoms in total. The predicted molar refractivity (Wildman–Crippen MR) is 112 cm³/mol. The van der Waals surface area contributed by atoms with E-state index in [0.717, 1.165) is 0 Å². The van der Waals surface area contributed by atoms with Crippen molar-refractivity contribution in [3.05, 3.63) is 70.3 Å². The molecule has 164 valence electrons. The summed E-state index contributed by atoms with van der Waals surface area (Å²) in [5.41, 5.74) is 2.30. The Morgan fingerprint density at radius 2 is 1.13 bits per heavy atom. The van der Waals surface area contributed by atoms with Gasteiger partial charge in [-0.2, -0.15) is 0 Å². The van der Waals surface area contributed by atoms with Crippen LogP contribution in [0.4, 0.5) is 0 Å². The van der Waals surface area contributed by atoms with Crippen molar-refractivity contribution in [3.8, 4) is 0 Å². The Labute approximate surface area is 181 Å². The Bertz CT molecular complexity index is 908. The van der Waals surface area contributed by atoms with Crippen LogP contribution in [-0.4, -0.2) is 71.0 Å². The summed E-state index contributed by atoms with van der Waals surface area (Å²) in [5, 5.41) is 0. The predicted octanol–water partition coefficient (Wildman–Crippen LogP) is 2.60. The van der Waals surface area contributed by atoms with E-state index >= 15 is 0 Å². The number of ether oxygens (including phenoxy) is 5. The monoisotopic (exact) mass is 426 g/mol. The second-order valence-electron chi connectivity index (χ2n) is 7.25.